The first-order valence-corrected chi connectivity index (χ1v) is 6.87. The molecule has 94 valence electrons. The van der Waals surface area contributed by atoms with Crippen LogP contribution in [0.3, 0.4) is 0 Å². The van der Waals surface area contributed by atoms with Crippen LogP contribution in [0.4, 0.5) is 0 Å². The summed E-state index contributed by atoms with van der Waals surface area (Å²) in [5.74, 6) is 0. The van der Waals surface area contributed by atoms with Crippen molar-refractivity contribution < 1.29 is 13.2 Å². The number of hydrogen-bond donors (Lipinski definition) is 2. The highest BCUT2D eigenvalue weighted by atomic mass is 32.2. The Morgan fingerprint density at radius 2 is 2.35 bits per heavy atom. The van der Waals surface area contributed by atoms with Gasteiger partial charge in [-0.05, 0) is 25.0 Å². The molecule has 0 amide bonds. The summed E-state index contributed by atoms with van der Waals surface area (Å²) in [6.45, 7) is 0.870. The quantitative estimate of drug-likeness (QED) is 0.785. The van der Waals surface area contributed by atoms with Crippen LogP contribution in [0, 0.1) is 0 Å². The van der Waals surface area contributed by atoms with E-state index < -0.39 is 15.6 Å². The van der Waals surface area contributed by atoms with Gasteiger partial charge < -0.3 is 9.72 Å². The highest BCUT2D eigenvalue weighted by molar-refractivity contribution is 7.89. The van der Waals surface area contributed by atoms with E-state index >= 15 is 0 Å². The van der Waals surface area contributed by atoms with Crippen molar-refractivity contribution in [3.63, 3.8) is 0 Å². The summed E-state index contributed by atoms with van der Waals surface area (Å²) in [5.41, 5.74) is -0.618. The van der Waals surface area contributed by atoms with Crippen molar-refractivity contribution in [2.45, 2.75) is 23.8 Å². The first-order chi connectivity index (χ1) is 8.09. The summed E-state index contributed by atoms with van der Waals surface area (Å²) in [6.07, 6.45) is 3.08. The molecule has 0 bridgehead atoms. The Morgan fingerprint density at radius 3 is 3.00 bits per heavy atom. The fraction of sp³-hybridized carbons (Fsp3) is 0.500. The molecule has 1 fully saturated rings. The van der Waals surface area contributed by atoms with E-state index in [0.717, 1.165) is 12.8 Å². The van der Waals surface area contributed by atoms with E-state index in [4.69, 9.17) is 4.74 Å². The second-order valence-corrected chi connectivity index (χ2v) is 5.59. The molecule has 1 atom stereocenters. The van der Waals surface area contributed by atoms with Crippen molar-refractivity contribution in [3.8, 4) is 0 Å². The van der Waals surface area contributed by atoms with Gasteiger partial charge in [-0.15, -0.1) is 0 Å². The molecule has 0 aliphatic carbocycles. The van der Waals surface area contributed by atoms with Gasteiger partial charge in [-0.3, -0.25) is 4.79 Å². The third kappa shape index (κ3) is 2.93. The van der Waals surface area contributed by atoms with Gasteiger partial charge in [-0.25, -0.2) is 13.1 Å². The summed E-state index contributed by atoms with van der Waals surface area (Å²) >= 11 is 0. The maximum absolute atomic E-state index is 11.8. The molecule has 0 aromatic carbocycles. The Kier molecular flexibility index (Phi) is 3.60. The fourth-order valence-electron chi connectivity index (χ4n) is 1.70. The van der Waals surface area contributed by atoms with Gasteiger partial charge in [0.2, 0.25) is 10.0 Å². The molecular weight excluding hydrogens is 244 g/mol. The normalized spacial score (nSPS) is 20.6. The fourth-order valence-corrected chi connectivity index (χ4v) is 2.82. The van der Waals surface area contributed by atoms with Gasteiger partial charge in [-0.1, -0.05) is 0 Å². The van der Waals surface area contributed by atoms with Crippen LogP contribution in [0.1, 0.15) is 12.8 Å². The Balaban J connectivity index is 2.08. The van der Waals surface area contributed by atoms with Crippen LogP contribution in [0.5, 0.6) is 0 Å². The molecule has 2 N–H and O–H groups in total. The monoisotopic (exact) mass is 258 g/mol. The van der Waals surface area contributed by atoms with Crippen molar-refractivity contribution in [2.24, 2.45) is 0 Å². The third-order valence-electron chi connectivity index (χ3n) is 2.60. The van der Waals surface area contributed by atoms with Crippen LogP contribution in [0.25, 0.3) is 0 Å². The molecule has 2 rings (SSSR count). The number of ether oxygens (including phenoxy) is 1. The Morgan fingerprint density at radius 1 is 1.53 bits per heavy atom. The lowest BCUT2D eigenvalue weighted by atomic mass is 10.2. The van der Waals surface area contributed by atoms with Gasteiger partial charge in [0.1, 0.15) is 4.90 Å². The van der Waals surface area contributed by atoms with E-state index in [-0.39, 0.29) is 17.5 Å². The molecule has 7 heteroatoms. The van der Waals surface area contributed by atoms with E-state index in [1.54, 1.807) is 0 Å². The van der Waals surface area contributed by atoms with Crippen LogP contribution in [0.15, 0.2) is 28.0 Å². The number of aromatic amines is 1. The highest BCUT2D eigenvalue weighted by Gasteiger charge is 2.21. The Hall–Kier alpha value is -1.18. The van der Waals surface area contributed by atoms with Gasteiger partial charge >= 0.3 is 0 Å². The summed E-state index contributed by atoms with van der Waals surface area (Å²) < 4.78 is 31.3. The van der Waals surface area contributed by atoms with E-state index in [2.05, 4.69) is 9.71 Å². The summed E-state index contributed by atoms with van der Waals surface area (Å²) in [6, 6.07) is 2.75. The number of hydrogen-bond acceptors (Lipinski definition) is 4. The lowest BCUT2D eigenvalue weighted by molar-refractivity contribution is 0.114. The van der Waals surface area contributed by atoms with E-state index in [9.17, 15) is 13.2 Å². The van der Waals surface area contributed by atoms with Crippen LogP contribution in [-0.2, 0) is 14.8 Å². The zero-order valence-electron chi connectivity index (χ0n) is 9.18. The van der Waals surface area contributed by atoms with Crippen LogP contribution >= 0.6 is 0 Å². The van der Waals surface area contributed by atoms with Crippen molar-refractivity contribution >= 4 is 10.0 Å². The molecule has 1 aromatic rings. The molecule has 1 saturated heterocycles. The Bertz CT molecular complexity index is 531. The van der Waals surface area contributed by atoms with E-state index in [1.165, 1.54) is 18.3 Å². The smallest absolute Gasteiger partial charge is 0.268 e. The predicted molar refractivity (Wildman–Crippen MR) is 61.2 cm³/mol. The Labute approximate surface area is 99.1 Å². The second kappa shape index (κ2) is 4.99. The first-order valence-electron chi connectivity index (χ1n) is 5.38. The highest BCUT2D eigenvalue weighted by Crippen LogP contribution is 2.11. The van der Waals surface area contributed by atoms with Crippen LogP contribution < -0.4 is 10.3 Å². The van der Waals surface area contributed by atoms with Crippen LogP contribution in [-0.4, -0.2) is 32.7 Å². The van der Waals surface area contributed by atoms with Gasteiger partial charge in [0.15, 0.2) is 0 Å². The van der Waals surface area contributed by atoms with E-state index in [1.807, 2.05) is 0 Å². The molecule has 17 heavy (non-hydrogen) atoms. The minimum Gasteiger partial charge on any atom is -0.377 e. The number of H-pyrrole nitrogens is 1. The molecule has 0 unspecified atom stereocenters. The lowest BCUT2D eigenvalue weighted by Crippen LogP contribution is -2.34. The van der Waals surface area contributed by atoms with Crippen molar-refractivity contribution in [3.05, 3.63) is 28.7 Å². The van der Waals surface area contributed by atoms with Gasteiger partial charge in [0.05, 0.1) is 6.10 Å². The molecule has 2 heterocycles. The number of nitrogens with one attached hydrogen (secondary N) is 2. The van der Waals surface area contributed by atoms with Crippen molar-refractivity contribution in [2.75, 3.05) is 13.2 Å². The SMILES string of the molecule is O=c1[nH]cccc1S(=O)(=O)NC[C@@H]1CCCO1. The van der Waals surface area contributed by atoms with Gasteiger partial charge in [-0.2, -0.15) is 0 Å². The van der Waals surface area contributed by atoms with Gasteiger partial charge in [0.25, 0.3) is 5.56 Å². The topological polar surface area (TPSA) is 88.3 Å². The summed E-state index contributed by atoms with van der Waals surface area (Å²) in [7, 11) is -3.75. The maximum atomic E-state index is 11.8. The predicted octanol–water partition coefficient (Wildman–Crippen LogP) is -0.168. The zero-order chi connectivity index (χ0) is 12.3. The largest absolute Gasteiger partial charge is 0.377 e. The third-order valence-corrected chi connectivity index (χ3v) is 4.04. The number of sulfonamides is 1. The molecule has 6 nitrogen and oxygen atoms in total. The molecule has 1 aliphatic rings. The lowest BCUT2D eigenvalue weighted by Gasteiger charge is -2.10. The summed E-state index contributed by atoms with van der Waals surface area (Å²) in [5, 5.41) is 0. The zero-order valence-corrected chi connectivity index (χ0v) is 10.00. The average molecular weight is 258 g/mol. The molecule has 0 saturated carbocycles. The molecule has 1 aromatic heterocycles. The number of aromatic nitrogens is 1. The summed E-state index contributed by atoms with van der Waals surface area (Å²) in [4.78, 5) is 13.4. The number of pyridine rings is 1. The molecular formula is C10H14N2O4S. The van der Waals surface area contributed by atoms with Crippen molar-refractivity contribution in [1.29, 1.82) is 0 Å². The maximum Gasteiger partial charge on any atom is 0.268 e. The van der Waals surface area contributed by atoms with Crippen LogP contribution in [0.2, 0.25) is 0 Å². The van der Waals surface area contributed by atoms with E-state index in [0.29, 0.717) is 6.61 Å². The number of rotatable bonds is 4. The van der Waals surface area contributed by atoms with Crippen molar-refractivity contribution in [1.82, 2.24) is 9.71 Å². The standard InChI is InChI=1S/C10H14N2O4S/c13-10-9(4-1-5-11-10)17(14,15)12-7-8-3-2-6-16-8/h1,4-5,8,12H,2-3,6-7H2,(H,11,13)/t8-/m0/s1. The molecule has 0 spiro atoms. The minimum absolute atomic E-state index is 0.0902. The second-order valence-electron chi connectivity index (χ2n) is 3.85. The molecule has 1 aliphatic heterocycles. The average Bonchev–Trinajstić information content (AvgIpc) is 2.80. The first kappa shape index (κ1) is 12.3. The van der Waals surface area contributed by atoms with Gasteiger partial charge in [0, 0.05) is 19.3 Å². The molecule has 0 radical (unpaired) electrons. The minimum atomic E-state index is -3.75.